The summed E-state index contributed by atoms with van der Waals surface area (Å²) in [4.78, 5) is 28.3. The largest absolute Gasteiger partial charge is 0.454 e. The van der Waals surface area contributed by atoms with Gasteiger partial charge in [-0.05, 0) is 48.7 Å². The van der Waals surface area contributed by atoms with Crippen LogP contribution in [0.5, 0.6) is 11.5 Å². The molecule has 0 bridgehead atoms. The van der Waals surface area contributed by atoms with E-state index in [-0.39, 0.29) is 41.6 Å². The third kappa shape index (κ3) is 4.99. The van der Waals surface area contributed by atoms with E-state index in [0.29, 0.717) is 23.9 Å². The Kier molecular flexibility index (Phi) is 7.13. The fraction of sp³-hybridized carbons (Fsp3) is 0.414. The molecule has 1 N–H and O–H groups in total. The highest BCUT2D eigenvalue weighted by Crippen LogP contribution is 2.49. The standard InChI is InChI=1S/C29H34N4O4S/c1-6-12-30-23(34)15-32-24(35)16-38-26(19-10-11-21-22(14-19)37-17-36-21)25-27(29(3,4)5)31-33(28(25)32)20-9-7-8-18(2)13-20/h7-11,13-14,26H,6,12,15-17H2,1-5H3,(H,30,34)/t26-/m1/s1. The van der Waals surface area contributed by atoms with Crippen LogP contribution in [-0.4, -0.2) is 47.2 Å². The fourth-order valence-corrected chi connectivity index (χ4v) is 6.00. The van der Waals surface area contributed by atoms with E-state index in [1.165, 1.54) is 0 Å². The summed E-state index contributed by atoms with van der Waals surface area (Å²) in [6, 6.07) is 14.0. The fourth-order valence-electron chi connectivity index (χ4n) is 4.82. The molecule has 38 heavy (non-hydrogen) atoms. The lowest BCUT2D eigenvalue weighted by molar-refractivity contribution is -0.122. The zero-order valence-corrected chi connectivity index (χ0v) is 23.4. The molecule has 2 aliphatic heterocycles. The average Bonchev–Trinajstić information content (AvgIpc) is 3.48. The number of benzene rings is 2. The molecule has 0 unspecified atom stereocenters. The van der Waals surface area contributed by atoms with Crippen LogP contribution in [0.1, 0.15) is 61.7 Å². The van der Waals surface area contributed by atoms with Gasteiger partial charge >= 0.3 is 0 Å². The number of anilines is 1. The van der Waals surface area contributed by atoms with Gasteiger partial charge in [0.25, 0.3) is 0 Å². The van der Waals surface area contributed by atoms with Gasteiger partial charge in [0.1, 0.15) is 12.4 Å². The number of fused-ring (bicyclic) bond motifs is 2. The van der Waals surface area contributed by atoms with Crippen molar-refractivity contribution >= 4 is 29.4 Å². The smallest absolute Gasteiger partial charge is 0.240 e. The molecule has 0 spiro atoms. The van der Waals surface area contributed by atoms with Crippen LogP contribution in [-0.2, 0) is 15.0 Å². The number of thioether (sulfide) groups is 1. The van der Waals surface area contributed by atoms with Crippen molar-refractivity contribution in [2.75, 3.05) is 30.5 Å². The molecular weight excluding hydrogens is 500 g/mol. The van der Waals surface area contributed by atoms with E-state index in [1.807, 2.05) is 61.0 Å². The van der Waals surface area contributed by atoms with Crippen molar-refractivity contribution in [3.8, 4) is 17.2 Å². The maximum atomic E-state index is 13.7. The molecular formula is C29H34N4O4S. The predicted octanol–water partition coefficient (Wildman–Crippen LogP) is 4.90. The summed E-state index contributed by atoms with van der Waals surface area (Å²) < 4.78 is 13.1. The summed E-state index contributed by atoms with van der Waals surface area (Å²) in [5.41, 5.74) is 4.44. The lowest BCUT2D eigenvalue weighted by Crippen LogP contribution is -2.42. The normalized spacial score (nSPS) is 16.8. The molecule has 1 aromatic heterocycles. The van der Waals surface area contributed by atoms with E-state index in [1.54, 1.807) is 16.7 Å². The Morgan fingerprint density at radius 1 is 1.16 bits per heavy atom. The van der Waals surface area contributed by atoms with Crippen molar-refractivity contribution < 1.29 is 19.1 Å². The third-order valence-electron chi connectivity index (χ3n) is 6.62. The number of rotatable bonds is 6. The van der Waals surface area contributed by atoms with Crippen molar-refractivity contribution in [2.45, 2.75) is 51.7 Å². The monoisotopic (exact) mass is 534 g/mol. The van der Waals surface area contributed by atoms with E-state index in [9.17, 15) is 9.59 Å². The topological polar surface area (TPSA) is 85.7 Å². The van der Waals surface area contributed by atoms with Crippen molar-refractivity contribution in [3.05, 3.63) is 64.8 Å². The number of carbonyl (C=O) groups is 2. The first-order valence-corrected chi connectivity index (χ1v) is 14.0. The number of hydrogen-bond acceptors (Lipinski definition) is 6. The molecule has 0 saturated carbocycles. The second kappa shape index (κ2) is 10.4. The van der Waals surface area contributed by atoms with Crippen LogP contribution in [0.25, 0.3) is 5.69 Å². The zero-order chi connectivity index (χ0) is 27.0. The summed E-state index contributed by atoms with van der Waals surface area (Å²) in [5, 5.41) is 7.87. The Bertz CT molecular complexity index is 1380. The first-order chi connectivity index (χ1) is 18.2. The Balaban J connectivity index is 1.75. The van der Waals surface area contributed by atoms with Gasteiger partial charge in [0.2, 0.25) is 18.6 Å². The lowest BCUT2D eigenvalue weighted by atomic mass is 9.87. The van der Waals surface area contributed by atoms with Gasteiger partial charge in [-0.2, -0.15) is 5.10 Å². The highest BCUT2D eigenvalue weighted by atomic mass is 32.2. The van der Waals surface area contributed by atoms with E-state index in [0.717, 1.165) is 34.5 Å². The van der Waals surface area contributed by atoms with Crippen LogP contribution in [0.2, 0.25) is 0 Å². The molecule has 0 radical (unpaired) electrons. The third-order valence-corrected chi connectivity index (χ3v) is 7.87. The van der Waals surface area contributed by atoms with Crippen LogP contribution in [0, 0.1) is 6.92 Å². The Labute approximate surface area is 227 Å². The molecule has 0 aliphatic carbocycles. The molecule has 2 amide bonds. The number of nitrogens with zero attached hydrogens (tertiary/aromatic N) is 3. The van der Waals surface area contributed by atoms with Gasteiger partial charge in [-0.15, -0.1) is 11.8 Å². The first-order valence-electron chi connectivity index (χ1n) is 13.0. The summed E-state index contributed by atoms with van der Waals surface area (Å²) in [6.07, 6.45) is 0.822. The van der Waals surface area contributed by atoms with Crippen LogP contribution in [0.4, 0.5) is 5.82 Å². The number of amides is 2. The quantitative estimate of drug-likeness (QED) is 0.484. The number of hydrogen-bond donors (Lipinski definition) is 1. The molecule has 5 rings (SSSR count). The van der Waals surface area contributed by atoms with Crippen LogP contribution in [0.3, 0.4) is 0 Å². The maximum Gasteiger partial charge on any atom is 0.240 e. The minimum absolute atomic E-state index is 0.0681. The maximum absolute atomic E-state index is 13.7. The van der Waals surface area contributed by atoms with Gasteiger partial charge in [-0.3, -0.25) is 14.5 Å². The highest BCUT2D eigenvalue weighted by molar-refractivity contribution is 8.00. The van der Waals surface area contributed by atoms with E-state index >= 15 is 0 Å². The number of ether oxygens (including phenoxy) is 2. The average molecular weight is 535 g/mol. The Hall–Kier alpha value is -3.46. The van der Waals surface area contributed by atoms with Gasteiger partial charge in [-0.25, -0.2) is 4.68 Å². The van der Waals surface area contributed by atoms with E-state index in [2.05, 4.69) is 26.1 Å². The second-order valence-electron chi connectivity index (χ2n) is 10.7. The van der Waals surface area contributed by atoms with Crippen LogP contribution < -0.4 is 19.7 Å². The Morgan fingerprint density at radius 3 is 2.68 bits per heavy atom. The molecule has 2 aliphatic rings. The first kappa shape index (κ1) is 26.2. The van der Waals surface area contributed by atoms with Crippen LogP contribution in [0.15, 0.2) is 42.5 Å². The second-order valence-corrected chi connectivity index (χ2v) is 11.8. The molecule has 200 valence electrons. The molecule has 8 nitrogen and oxygen atoms in total. The number of aryl methyl sites for hydroxylation is 1. The minimum atomic E-state index is -0.322. The van der Waals surface area contributed by atoms with Crippen molar-refractivity contribution in [3.63, 3.8) is 0 Å². The van der Waals surface area contributed by atoms with Gasteiger partial charge in [0.05, 0.1) is 22.4 Å². The van der Waals surface area contributed by atoms with Crippen molar-refractivity contribution in [1.29, 1.82) is 0 Å². The summed E-state index contributed by atoms with van der Waals surface area (Å²) in [6.45, 7) is 11.1. The predicted molar refractivity (Wildman–Crippen MR) is 150 cm³/mol. The zero-order valence-electron chi connectivity index (χ0n) is 22.5. The molecule has 3 aromatic rings. The Morgan fingerprint density at radius 2 is 1.95 bits per heavy atom. The number of aromatic nitrogens is 2. The van der Waals surface area contributed by atoms with E-state index in [4.69, 9.17) is 14.6 Å². The van der Waals surface area contributed by atoms with Crippen molar-refractivity contribution in [2.24, 2.45) is 0 Å². The molecule has 9 heteroatoms. The van der Waals surface area contributed by atoms with Crippen molar-refractivity contribution in [1.82, 2.24) is 15.1 Å². The van der Waals surface area contributed by atoms with Gasteiger partial charge in [0, 0.05) is 17.5 Å². The molecule has 0 fully saturated rings. The summed E-state index contributed by atoms with van der Waals surface area (Å²) >= 11 is 1.55. The summed E-state index contributed by atoms with van der Waals surface area (Å²) in [5.74, 6) is 1.97. The summed E-state index contributed by atoms with van der Waals surface area (Å²) in [7, 11) is 0. The highest BCUT2D eigenvalue weighted by Gasteiger charge is 2.40. The van der Waals surface area contributed by atoms with Gasteiger partial charge in [0.15, 0.2) is 11.5 Å². The minimum Gasteiger partial charge on any atom is -0.454 e. The van der Waals surface area contributed by atoms with Gasteiger partial charge < -0.3 is 14.8 Å². The molecule has 2 aromatic carbocycles. The number of nitrogens with one attached hydrogen (secondary N) is 1. The van der Waals surface area contributed by atoms with Gasteiger partial charge in [-0.1, -0.05) is 45.9 Å². The lowest BCUT2D eigenvalue weighted by Gasteiger charge is -2.24. The molecule has 3 heterocycles. The van der Waals surface area contributed by atoms with Crippen LogP contribution >= 0.6 is 11.8 Å². The SMILES string of the molecule is CCCNC(=O)CN1C(=O)CS[C@H](c2ccc3c(c2)OCO3)c2c(C(C)(C)C)nn(-c3cccc(C)c3)c21. The molecule has 0 saturated heterocycles. The number of carbonyl (C=O) groups excluding carboxylic acids is 2. The molecule has 1 atom stereocenters. The van der Waals surface area contributed by atoms with E-state index < -0.39 is 0 Å².